The molecule has 34 heavy (non-hydrogen) atoms. The van der Waals surface area contributed by atoms with Gasteiger partial charge in [-0.2, -0.15) is 4.39 Å². The first kappa shape index (κ1) is 23.6. The first-order valence-electron chi connectivity index (χ1n) is 10.6. The van der Waals surface area contributed by atoms with E-state index in [2.05, 4.69) is 4.98 Å². The SMILES string of the molecule is O=S(=O)(Nc1cccc(F)n1)c1c(F)cc(N2CCC(CN3CC4(C3)CC4(F)F)C2)c(Cl)c1F. The van der Waals surface area contributed by atoms with Crippen molar-refractivity contribution >= 4 is 33.1 Å². The fourth-order valence-electron chi connectivity index (χ4n) is 4.92. The molecule has 1 spiro atoms. The van der Waals surface area contributed by atoms with Gasteiger partial charge in [-0.3, -0.25) is 4.72 Å². The molecule has 3 fully saturated rings. The summed E-state index contributed by atoms with van der Waals surface area (Å²) in [6.45, 7) is 2.11. The minimum Gasteiger partial charge on any atom is -0.370 e. The smallest absolute Gasteiger partial charge is 0.268 e. The summed E-state index contributed by atoms with van der Waals surface area (Å²) in [7, 11) is -4.79. The van der Waals surface area contributed by atoms with Gasteiger partial charge in [-0.05, 0) is 24.5 Å². The number of hydrogen-bond donors (Lipinski definition) is 1. The Morgan fingerprint density at radius 2 is 1.91 bits per heavy atom. The molecule has 0 bridgehead atoms. The molecule has 3 aliphatic rings. The fourth-order valence-corrected chi connectivity index (χ4v) is 6.39. The summed E-state index contributed by atoms with van der Waals surface area (Å²) in [4.78, 5) is 5.64. The molecule has 5 rings (SSSR count). The minimum atomic E-state index is -4.79. The molecule has 1 unspecified atom stereocenters. The lowest BCUT2D eigenvalue weighted by Gasteiger charge is -2.41. The van der Waals surface area contributed by atoms with Gasteiger partial charge < -0.3 is 9.80 Å². The van der Waals surface area contributed by atoms with Crippen molar-refractivity contribution in [1.82, 2.24) is 9.88 Å². The number of benzene rings is 1. The highest BCUT2D eigenvalue weighted by Crippen LogP contribution is 2.65. The van der Waals surface area contributed by atoms with Crippen LogP contribution in [0.4, 0.5) is 33.5 Å². The summed E-state index contributed by atoms with van der Waals surface area (Å²) in [6, 6.07) is 4.14. The van der Waals surface area contributed by atoms with E-state index in [0.717, 1.165) is 18.2 Å². The first-order valence-corrected chi connectivity index (χ1v) is 12.4. The van der Waals surface area contributed by atoms with E-state index in [4.69, 9.17) is 11.6 Å². The number of hydrogen-bond acceptors (Lipinski definition) is 5. The summed E-state index contributed by atoms with van der Waals surface area (Å²) in [5.74, 6) is -6.73. The molecule has 2 aromatic rings. The number of nitrogens with zero attached hydrogens (tertiary/aromatic N) is 3. The normalized spacial score (nSPS) is 23.2. The Hall–Kier alpha value is -2.18. The van der Waals surface area contributed by atoms with Gasteiger partial charge in [0, 0.05) is 45.2 Å². The summed E-state index contributed by atoms with van der Waals surface area (Å²) < 4.78 is 96.9. The second kappa shape index (κ2) is 7.92. The number of anilines is 2. The van der Waals surface area contributed by atoms with Crippen molar-refractivity contribution in [2.24, 2.45) is 11.3 Å². The highest BCUT2D eigenvalue weighted by molar-refractivity contribution is 7.92. The molecular formula is C21H20ClF5N4O2S. The van der Waals surface area contributed by atoms with E-state index < -0.39 is 54.7 Å². The van der Waals surface area contributed by atoms with Crippen molar-refractivity contribution in [3.63, 3.8) is 0 Å². The molecule has 1 aliphatic carbocycles. The maximum absolute atomic E-state index is 15.0. The largest absolute Gasteiger partial charge is 0.370 e. The molecule has 1 saturated carbocycles. The zero-order valence-corrected chi connectivity index (χ0v) is 19.2. The quantitative estimate of drug-likeness (QED) is 0.351. The van der Waals surface area contributed by atoms with Gasteiger partial charge in [0.2, 0.25) is 5.95 Å². The number of alkyl halides is 2. The summed E-state index contributed by atoms with van der Waals surface area (Å²) >= 11 is 6.11. The van der Waals surface area contributed by atoms with Gasteiger partial charge in [0.05, 0.1) is 11.1 Å². The maximum Gasteiger partial charge on any atom is 0.268 e. The van der Waals surface area contributed by atoms with Crippen LogP contribution in [0.1, 0.15) is 12.8 Å². The molecule has 0 amide bonds. The number of likely N-dealkylation sites (tertiary alicyclic amines) is 1. The Morgan fingerprint density at radius 1 is 1.21 bits per heavy atom. The van der Waals surface area contributed by atoms with Gasteiger partial charge in [-0.25, -0.2) is 31.0 Å². The third-order valence-electron chi connectivity index (χ3n) is 6.73. The summed E-state index contributed by atoms with van der Waals surface area (Å²) in [6.07, 6.45) is 0.604. The Kier molecular flexibility index (Phi) is 5.49. The molecule has 1 aromatic carbocycles. The van der Waals surface area contributed by atoms with Crippen LogP contribution in [0, 0.1) is 28.9 Å². The van der Waals surface area contributed by atoms with E-state index in [1.807, 2.05) is 9.62 Å². The number of rotatable bonds is 6. The average Bonchev–Trinajstić information content (AvgIpc) is 3.04. The number of aromatic nitrogens is 1. The van der Waals surface area contributed by atoms with Gasteiger partial charge in [-0.15, -0.1) is 0 Å². The molecule has 1 aromatic heterocycles. The molecule has 1 N–H and O–H groups in total. The van der Waals surface area contributed by atoms with E-state index in [-0.39, 0.29) is 18.0 Å². The molecule has 3 heterocycles. The number of pyridine rings is 1. The van der Waals surface area contributed by atoms with Crippen LogP contribution in [-0.4, -0.2) is 56.9 Å². The van der Waals surface area contributed by atoms with E-state index in [1.165, 1.54) is 6.07 Å². The van der Waals surface area contributed by atoms with Crippen LogP contribution in [0.2, 0.25) is 5.02 Å². The number of nitrogens with one attached hydrogen (secondary N) is 1. The zero-order chi connectivity index (χ0) is 24.5. The molecule has 184 valence electrons. The van der Waals surface area contributed by atoms with Crippen LogP contribution in [0.15, 0.2) is 29.2 Å². The molecular weight excluding hydrogens is 503 g/mol. The predicted octanol–water partition coefficient (Wildman–Crippen LogP) is 4.12. The van der Waals surface area contributed by atoms with Gasteiger partial charge >= 0.3 is 0 Å². The van der Waals surface area contributed by atoms with Crippen molar-refractivity contribution in [3.8, 4) is 0 Å². The van der Waals surface area contributed by atoms with Gasteiger partial charge in [0.15, 0.2) is 10.7 Å². The Balaban J connectivity index is 1.29. The van der Waals surface area contributed by atoms with E-state index in [1.54, 1.807) is 4.90 Å². The standard InChI is InChI=1S/C21H20ClF5N4O2S/c22-17-14(31-5-4-12(8-31)7-30-10-20(11-30)9-21(20,26)27)6-13(23)19(18(17)25)34(32,33)29-16-3-1-2-15(24)28-16/h1-3,6,12H,4-5,7-11H2,(H,28,29). The zero-order valence-electron chi connectivity index (χ0n) is 17.7. The Bertz CT molecular complexity index is 1260. The van der Waals surface area contributed by atoms with Gasteiger partial charge in [0.25, 0.3) is 15.9 Å². The average molecular weight is 523 g/mol. The van der Waals surface area contributed by atoms with E-state index in [0.29, 0.717) is 39.1 Å². The first-order chi connectivity index (χ1) is 15.9. The van der Waals surface area contributed by atoms with Crippen molar-refractivity contribution in [2.75, 3.05) is 42.3 Å². The van der Waals surface area contributed by atoms with Crippen LogP contribution < -0.4 is 9.62 Å². The molecule has 2 aliphatic heterocycles. The highest BCUT2D eigenvalue weighted by Gasteiger charge is 2.75. The molecule has 13 heteroatoms. The third-order valence-corrected chi connectivity index (χ3v) is 8.48. The van der Waals surface area contributed by atoms with E-state index in [9.17, 15) is 30.4 Å². The van der Waals surface area contributed by atoms with Crippen LogP contribution in [0.25, 0.3) is 0 Å². The lowest BCUT2D eigenvalue weighted by Crippen LogP contribution is -2.53. The van der Waals surface area contributed by atoms with E-state index >= 15 is 0 Å². The summed E-state index contributed by atoms with van der Waals surface area (Å²) in [5.41, 5.74) is -0.854. The predicted molar refractivity (Wildman–Crippen MR) is 115 cm³/mol. The minimum absolute atomic E-state index is 0.0100. The summed E-state index contributed by atoms with van der Waals surface area (Å²) in [5, 5.41) is -0.560. The van der Waals surface area contributed by atoms with Crippen LogP contribution in [0.3, 0.4) is 0 Å². The van der Waals surface area contributed by atoms with Crippen LogP contribution in [-0.2, 0) is 10.0 Å². The fraction of sp³-hybridized carbons (Fsp3) is 0.476. The lowest BCUT2D eigenvalue weighted by molar-refractivity contribution is -0.0290. The molecule has 6 nitrogen and oxygen atoms in total. The monoisotopic (exact) mass is 522 g/mol. The highest BCUT2D eigenvalue weighted by atomic mass is 35.5. The maximum atomic E-state index is 15.0. The Labute approximate surface area is 197 Å². The second-order valence-electron chi connectivity index (χ2n) is 9.22. The van der Waals surface area contributed by atoms with Gasteiger partial charge in [-0.1, -0.05) is 17.7 Å². The van der Waals surface area contributed by atoms with Crippen molar-refractivity contribution < 1.29 is 30.4 Å². The van der Waals surface area contributed by atoms with Crippen molar-refractivity contribution in [2.45, 2.75) is 23.7 Å². The number of sulfonamides is 1. The van der Waals surface area contributed by atoms with Crippen molar-refractivity contribution in [1.29, 1.82) is 0 Å². The topological polar surface area (TPSA) is 65.5 Å². The third kappa shape index (κ3) is 3.99. The Morgan fingerprint density at radius 3 is 2.56 bits per heavy atom. The van der Waals surface area contributed by atoms with Crippen molar-refractivity contribution in [3.05, 3.63) is 46.9 Å². The lowest BCUT2D eigenvalue weighted by atomic mass is 9.94. The van der Waals surface area contributed by atoms with Crippen LogP contribution >= 0.6 is 11.6 Å². The molecule has 2 saturated heterocycles. The van der Waals surface area contributed by atoms with Gasteiger partial charge in [0.1, 0.15) is 16.7 Å². The van der Waals surface area contributed by atoms with Crippen LogP contribution in [0.5, 0.6) is 0 Å². The molecule has 1 atom stereocenters. The number of halogens is 6. The second-order valence-corrected chi connectivity index (χ2v) is 11.2. The molecule has 0 radical (unpaired) electrons.